The van der Waals surface area contributed by atoms with Crippen LogP contribution in [0.25, 0.3) is 0 Å². The van der Waals surface area contributed by atoms with Crippen LogP contribution >= 0.6 is 24.4 Å². The molecular weight excluding hydrogens is 436 g/mol. The number of carbonyl (C=O) groups excluding carboxylic acids is 2. The van der Waals surface area contributed by atoms with Crippen molar-refractivity contribution in [3.63, 3.8) is 0 Å². The summed E-state index contributed by atoms with van der Waals surface area (Å²) in [7, 11) is 6.32. The minimum atomic E-state index is -0.522. The van der Waals surface area contributed by atoms with Crippen molar-refractivity contribution in [1.29, 1.82) is 0 Å². The Labute approximate surface area is 192 Å². The fourth-order valence-corrected chi connectivity index (χ4v) is 2.95. The molecule has 0 aliphatic carbocycles. The monoisotopic (exact) mass is 460 g/mol. The Hall–Kier alpha value is -3.24. The predicted molar refractivity (Wildman–Crippen MR) is 126 cm³/mol. The maximum Gasteiger partial charge on any atom is 0.248 e. The summed E-state index contributed by atoms with van der Waals surface area (Å²) in [4.78, 5) is 25.3. The normalized spacial score (nSPS) is 9.94. The average Bonchev–Trinajstić information content (AvgIpc) is 2.77. The summed E-state index contributed by atoms with van der Waals surface area (Å²) in [5.41, 5.74) is 6.56. The van der Waals surface area contributed by atoms with E-state index in [0.29, 0.717) is 32.6 Å². The van der Waals surface area contributed by atoms with Gasteiger partial charge in [0.1, 0.15) is 27.9 Å². The van der Waals surface area contributed by atoms with E-state index in [4.69, 9.17) is 33.9 Å². The van der Waals surface area contributed by atoms with E-state index < -0.39 is 18.2 Å². The molecule has 0 radical (unpaired) electrons. The maximum atomic E-state index is 12.3. The zero-order valence-electron chi connectivity index (χ0n) is 17.7. The highest BCUT2D eigenvalue weighted by atomic mass is 32.1. The molecule has 0 saturated carbocycles. The molecule has 0 fully saturated rings. The first kappa shape index (κ1) is 24.0. The highest BCUT2D eigenvalue weighted by molar-refractivity contribution is 7.80. The third-order valence-electron chi connectivity index (χ3n) is 4.15. The van der Waals surface area contributed by atoms with Gasteiger partial charge in [0.25, 0.3) is 0 Å². The third kappa shape index (κ3) is 6.90. The van der Waals surface area contributed by atoms with Gasteiger partial charge in [0.2, 0.25) is 11.8 Å². The summed E-state index contributed by atoms with van der Waals surface area (Å²) in [6, 6.07) is 14.3. The fourth-order valence-electron chi connectivity index (χ4n) is 2.60. The Bertz CT molecular complexity index is 906. The van der Waals surface area contributed by atoms with E-state index in [1.807, 2.05) is 0 Å². The summed E-state index contributed by atoms with van der Waals surface area (Å²) in [5.74, 6) is 0.250. The van der Waals surface area contributed by atoms with Gasteiger partial charge in [0.05, 0.1) is 14.2 Å². The Morgan fingerprint density at radius 3 is 1.55 bits per heavy atom. The number of carbonyl (C=O) groups is 2. The first-order valence-corrected chi connectivity index (χ1v) is 10.00. The number of hydrogen-bond acceptors (Lipinski definition) is 6. The largest absolute Gasteiger partial charge is 0.497 e. The predicted octanol–water partition coefficient (Wildman–Crippen LogP) is 2.07. The van der Waals surface area contributed by atoms with Crippen molar-refractivity contribution in [3.05, 3.63) is 59.7 Å². The number of methoxy groups -OCH3 is 2. The molecule has 0 bridgehead atoms. The number of ether oxygens (including phenoxy) is 2. The number of hydrazine groups is 2. The molecule has 164 valence electrons. The van der Waals surface area contributed by atoms with Crippen molar-refractivity contribution in [3.8, 4) is 11.5 Å². The minimum Gasteiger partial charge on any atom is -0.497 e. The van der Waals surface area contributed by atoms with E-state index in [9.17, 15) is 9.59 Å². The lowest BCUT2D eigenvalue weighted by Crippen LogP contribution is -2.47. The Morgan fingerprint density at radius 1 is 0.806 bits per heavy atom. The lowest BCUT2D eigenvalue weighted by molar-refractivity contribution is -0.132. The third-order valence-corrected chi connectivity index (χ3v) is 5.17. The van der Waals surface area contributed by atoms with Crippen LogP contribution in [0.15, 0.2) is 48.5 Å². The summed E-state index contributed by atoms with van der Waals surface area (Å²) < 4.78 is 10.4. The van der Waals surface area contributed by atoms with Crippen LogP contribution in [0.4, 0.5) is 0 Å². The quantitative estimate of drug-likeness (QED) is 0.385. The molecule has 2 rings (SSSR count). The van der Waals surface area contributed by atoms with E-state index in [2.05, 4.69) is 10.9 Å². The zero-order chi connectivity index (χ0) is 23.0. The number of amides is 2. The second kappa shape index (κ2) is 11.2. The van der Waals surface area contributed by atoms with Gasteiger partial charge in [-0.2, -0.15) is 0 Å². The smallest absolute Gasteiger partial charge is 0.248 e. The second-order valence-electron chi connectivity index (χ2n) is 6.44. The van der Waals surface area contributed by atoms with Gasteiger partial charge in [0, 0.05) is 25.2 Å². The molecule has 2 aromatic rings. The lowest BCUT2D eigenvalue weighted by atomic mass is 10.2. The average molecular weight is 461 g/mol. The first-order valence-electron chi connectivity index (χ1n) is 9.18. The molecule has 8 nitrogen and oxygen atoms in total. The van der Waals surface area contributed by atoms with E-state index in [0.717, 1.165) is 0 Å². The van der Waals surface area contributed by atoms with Crippen LogP contribution in [0.5, 0.6) is 11.5 Å². The van der Waals surface area contributed by atoms with Crippen molar-refractivity contribution >= 4 is 46.2 Å². The summed E-state index contributed by atoms with van der Waals surface area (Å²) in [5, 5.41) is 2.76. The van der Waals surface area contributed by atoms with Crippen LogP contribution in [0.3, 0.4) is 0 Å². The van der Waals surface area contributed by atoms with Gasteiger partial charge >= 0.3 is 0 Å². The summed E-state index contributed by atoms with van der Waals surface area (Å²) in [6.45, 7) is 0. The Kier molecular flexibility index (Phi) is 8.71. The van der Waals surface area contributed by atoms with Gasteiger partial charge < -0.3 is 9.47 Å². The summed E-state index contributed by atoms with van der Waals surface area (Å²) >= 11 is 10.8. The van der Waals surface area contributed by atoms with E-state index in [1.54, 1.807) is 76.8 Å². The van der Waals surface area contributed by atoms with Gasteiger partial charge in [-0.25, -0.2) is 0 Å². The molecular formula is C21H24N4O4S2. The maximum absolute atomic E-state index is 12.3. The number of rotatable bonds is 6. The van der Waals surface area contributed by atoms with Gasteiger partial charge in [-0.05, 0) is 24.3 Å². The minimum absolute atomic E-state index is 0.379. The second-order valence-corrected chi connectivity index (χ2v) is 7.21. The summed E-state index contributed by atoms with van der Waals surface area (Å²) in [6.07, 6.45) is -0.407. The zero-order valence-corrected chi connectivity index (χ0v) is 19.3. The molecule has 0 aliphatic heterocycles. The molecule has 0 aliphatic rings. The number of nitrogens with zero attached hydrogens (tertiary/aromatic N) is 2. The number of hydrogen-bond donors (Lipinski definition) is 2. The van der Waals surface area contributed by atoms with Crippen LogP contribution in [-0.2, 0) is 9.59 Å². The molecule has 0 spiro atoms. The van der Waals surface area contributed by atoms with E-state index in [1.165, 1.54) is 10.0 Å². The van der Waals surface area contributed by atoms with Crippen molar-refractivity contribution in [2.24, 2.45) is 0 Å². The highest BCUT2D eigenvalue weighted by Crippen LogP contribution is 2.15. The van der Waals surface area contributed by atoms with Crippen LogP contribution in [0.2, 0.25) is 0 Å². The molecule has 2 amide bonds. The van der Waals surface area contributed by atoms with Crippen LogP contribution in [0, 0.1) is 0 Å². The Morgan fingerprint density at radius 2 is 1.19 bits per heavy atom. The SMILES string of the molecule is COc1cccc(C(=S)N(C)NC(=O)CC(=O)NN(C)C(=S)c2cccc(OC)c2)c1. The van der Waals surface area contributed by atoms with E-state index >= 15 is 0 Å². The van der Waals surface area contributed by atoms with Gasteiger partial charge in [-0.1, -0.05) is 48.7 Å². The van der Waals surface area contributed by atoms with Crippen LogP contribution < -0.4 is 20.3 Å². The fraction of sp³-hybridized carbons (Fsp3) is 0.238. The molecule has 2 aromatic carbocycles. The molecule has 10 heteroatoms. The molecule has 0 aromatic heterocycles. The number of thiocarbonyl (C=S) groups is 2. The molecule has 31 heavy (non-hydrogen) atoms. The van der Waals surface area contributed by atoms with Gasteiger partial charge in [0.15, 0.2) is 0 Å². The first-order chi connectivity index (χ1) is 14.7. The molecule has 0 atom stereocenters. The lowest BCUT2D eigenvalue weighted by Gasteiger charge is -2.23. The van der Waals surface area contributed by atoms with Crippen molar-refractivity contribution in [2.45, 2.75) is 6.42 Å². The number of nitrogens with one attached hydrogen (secondary N) is 2. The van der Waals surface area contributed by atoms with E-state index in [-0.39, 0.29) is 0 Å². The van der Waals surface area contributed by atoms with Crippen molar-refractivity contribution in [2.75, 3.05) is 28.3 Å². The number of benzene rings is 2. The Balaban J connectivity index is 1.88. The molecule has 2 N–H and O–H groups in total. The topological polar surface area (TPSA) is 83.1 Å². The highest BCUT2D eigenvalue weighted by Gasteiger charge is 2.17. The van der Waals surface area contributed by atoms with Crippen molar-refractivity contribution < 1.29 is 19.1 Å². The molecule has 0 saturated heterocycles. The van der Waals surface area contributed by atoms with Crippen LogP contribution in [-0.4, -0.2) is 60.1 Å². The van der Waals surface area contributed by atoms with Gasteiger partial charge in [-0.15, -0.1) is 0 Å². The van der Waals surface area contributed by atoms with Crippen LogP contribution in [0.1, 0.15) is 17.5 Å². The van der Waals surface area contributed by atoms with Crippen molar-refractivity contribution in [1.82, 2.24) is 20.9 Å². The molecule has 0 heterocycles. The van der Waals surface area contributed by atoms with Gasteiger partial charge in [-0.3, -0.25) is 30.5 Å². The molecule has 0 unspecified atom stereocenters. The standard InChI is InChI=1S/C21H24N4O4S2/c1-24(20(30)14-7-5-9-16(11-14)28-3)22-18(26)13-19(27)23-25(2)21(31)15-8-6-10-17(12-15)29-4/h5-12H,13H2,1-4H3,(H,22,26)(H,23,27).